The number of nitrogens with one attached hydrogen (secondary N) is 1. The minimum absolute atomic E-state index is 0.0305. The molecule has 1 N–H and O–H groups in total. The lowest BCUT2D eigenvalue weighted by atomic mass is 10.1. The molecule has 0 radical (unpaired) electrons. The molecule has 0 saturated carbocycles. The van der Waals surface area contributed by atoms with Crippen molar-refractivity contribution in [3.63, 3.8) is 0 Å². The van der Waals surface area contributed by atoms with Gasteiger partial charge in [0.05, 0.1) is 11.7 Å². The quantitative estimate of drug-likeness (QED) is 0.910. The third-order valence-corrected chi connectivity index (χ3v) is 4.52. The molecule has 3 rings (SSSR count). The number of amides is 1. The number of rotatable bonds is 4. The van der Waals surface area contributed by atoms with Crippen LogP contribution in [0.15, 0.2) is 24.5 Å². The van der Waals surface area contributed by atoms with E-state index in [1.165, 1.54) is 16.4 Å². The fraction of sp³-hybridized carbons (Fsp3) is 0.462. The van der Waals surface area contributed by atoms with E-state index < -0.39 is 0 Å². The van der Waals surface area contributed by atoms with Crippen molar-refractivity contribution in [3.8, 4) is 0 Å². The Hall–Kier alpha value is -1.73. The number of likely N-dealkylation sites (N-methyl/N-ethyl adjacent to an activating group) is 1. The Bertz CT molecular complexity index is 594. The second-order valence-electron chi connectivity index (χ2n) is 5.00. The maximum Gasteiger partial charge on any atom is 0.224 e. The predicted molar refractivity (Wildman–Crippen MR) is 76.1 cm³/mol. The number of carbonyl (C=O) groups excluding carboxylic acids is 1. The number of aromatic nitrogens is 3. The van der Waals surface area contributed by atoms with Gasteiger partial charge in [-0.25, -0.2) is 4.37 Å². The SMILES string of the molecule is CN1C(=O)C[C@@H](NCc2ccns2)[C@@H]1c1ccnn1C. The van der Waals surface area contributed by atoms with Crippen LogP contribution in [0.5, 0.6) is 0 Å². The van der Waals surface area contributed by atoms with Crippen LogP contribution in [-0.4, -0.2) is 38.1 Å². The molecule has 1 saturated heterocycles. The Morgan fingerprint density at radius 3 is 2.90 bits per heavy atom. The van der Waals surface area contributed by atoms with E-state index in [1.807, 2.05) is 30.9 Å². The highest BCUT2D eigenvalue weighted by Gasteiger charge is 2.39. The molecule has 0 spiro atoms. The predicted octanol–water partition coefficient (Wildman–Crippen LogP) is 0.938. The first-order valence-electron chi connectivity index (χ1n) is 6.53. The molecule has 1 aliphatic heterocycles. The second-order valence-corrected chi connectivity index (χ2v) is 5.92. The van der Waals surface area contributed by atoms with Crippen molar-refractivity contribution in [3.05, 3.63) is 35.1 Å². The van der Waals surface area contributed by atoms with Gasteiger partial charge in [-0.05, 0) is 23.7 Å². The Balaban J connectivity index is 1.78. The van der Waals surface area contributed by atoms with Crippen LogP contribution >= 0.6 is 11.5 Å². The minimum Gasteiger partial charge on any atom is -0.336 e. The average molecular weight is 291 g/mol. The normalized spacial score (nSPS) is 22.7. The third kappa shape index (κ3) is 2.34. The molecule has 1 aliphatic rings. The summed E-state index contributed by atoms with van der Waals surface area (Å²) in [5.41, 5.74) is 1.06. The highest BCUT2D eigenvalue weighted by atomic mass is 32.1. The maximum absolute atomic E-state index is 12.0. The standard InChI is InChI=1S/C13H17N5OS/c1-17-12(19)7-10(14-8-9-3-6-16-20-9)13(17)11-4-5-15-18(11)2/h3-6,10,13-14H,7-8H2,1-2H3/t10-,13-/m1/s1. The number of likely N-dealkylation sites (tertiary alicyclic amines) is 1. The van der Waals surface area contributed by atoms with Gasteiger partial charge < -0.3 is 10.2 Å². The van der Waals surface area contributed by atoms with Crippen LogP contribution in [0.1, 0.15) is 23.0 Å². The Labute approximate surface area is 121 Å². The molecule has 106 valence electrons. The first-order valence-corrected chi connectivity index (χ1v) is 7.30. The molecule has 0 aromatic carbocycles. The van der Waals surface area contributed by atoms with Gasteiger partial charge in [-0.1, -0.05) is 0 Å². The minimum atomic E-state index is 0.0305. The van der Waals surface area contributed by atoms with Gasteiger partial charge in [-0.15, -0.1) is 0 Å². The Kier molecular flexibility index (Phi) is 3.54. The van der Waals surface area contributed by atoms with E-state index in [1.54, 1.807) is 17.3 Å². The number of hydrogen-bond donors (Lipinski definition) is 1. The van der Waals surface area contributed by atoms with Crippen LogP contribution in [0.3, 0.4) is 0 Å². The van der Waals surface area contributed by atoms with E-state index in [0.717, 1.165) is 12.2 Å². The summed E-state index contributed by atoms with van der Waals surface area (Å²) in [5.74, 6) is 0.165. The van der Waals surface area contributed by atoms with Crippen molar-refractivity contribution in [1.82, 2.24) is 24.4 Å². The summed E-state index contributed by atoms with van der Waals surface area (Å²) in [4.78, 5) is 15.0. The monoisotopic (exact) mass is 291 g/mol. The van der Waals surface area contributed by atoms with Crippen molar-refractivity contribution in [1.29, 1.82) is 0 Å². The first kappa shape index (κ1) is 13.3. The summed E-state index contributed by atoms with van der Waals surface area (Å²) in [7, 11) is 3.76. The van der Waals surface area contributed by atoms with Gasteiger partial charge in [0.1, 0.15) is 0 Å². The summed E-state index contributed by atoms with van der Waals surface area (Å²) < 4.78 is 5.93. The van der Waals surface area contributed by atoms with Crippen molar-refractivity contribution >= 4 is 17.4 Å². The van der Waals surface area contributed by atoms with E-state index in [9.17, 15) is 4.79 Å². The lowest BCUT2D eigenvalue weighted by molar-refractivity contribution is -0.127. The first-order chi connectivity index (χ1) is 9.66. The van der Waals surface area contributed by atoms with Gasteiger partial charge >= 0.3 is 0 Å². The second kappa shape index (κ2) is 5.34. The van der Waals surface area contributed by atoms with Crippen LogP contribution in [0, 0.1) is 0 Å². The maximum atomic E-state index is 12.0. The highest BCUT2D eigenvalue weighted by Crippen LogP contribution is 2.31. The molecule has 2 aromatic heterocycles. The van der Waals surface area contributed by atoms with E-state index in [4.69, 9.17) is 0 Å². The van der Waals surface area contributed by atoms with Gasteiger partial charge in [0, 0.05) is 50.4 Å². The number of carbonyl (C=O) groups is 1. The summed E-state index contributed by atoms with van der Waals surface area (Å²) >= 11 is 1.48. The zero-order chi connectivity index (χ0) is 14.1. The zero-order valence-corrected chi connectivity index (χ0v) is 12.3. The molecule has 1 fully saturated rings. The van der Waals surface area contributed by atoms with Crippen molar-refractivity contribution in [2.75, 3.05) is 7.05 Å². The van der Waals surface area contributed by atoms with Crippen LogP contribution in [0.2, 0.25) is 0 Å². The van der Waals surface area contributed by atoms with Crippen LogP contribution in [0.4, 0.5) is 0 Å². The van der Waals surface area contributed by atoms with Crippen LogP contribution < -0.4 is 5.32 Å². The molecule has 7 heteroatoms. The van der Waals surface area contributed by atoms with Crippen LogP contribution in [-0.2, 0) is 18.4 Å². The lowest BCUT2D eigenvalue weighted by Crippen LogP contribution is -2.35. The summed E-state index contributed by atoms with van der Waals surface area (Å²) in [6.07, 6.45) is 4.09. The average Bonchev–Trinajstić information content (AvgIpc) is 3.12. The summed E-state index contributed by atoms with van der Waals surface area (Å²) in [6.45, 7) is 0.741. The largest absolute Gasteiger partial charge is 0.336 e. The molecule has 1 amide bonds. The smallest absolute Gasteiger partial charge is 0.224 e. The number of nitrogens with zero attached hydrogens (tertiary/aromatic N) is 4. The molecule has 2 atom stereocenters. The molecule has 0 bridgehead atoms. The topological polar surface area (TPSA) is 63.1 Å². The van der Waals surface area contributed by atoms with Crippen molar-refractivity contribution in [2.45, 2.75) is 25.0 Å². The van der Waals surface area contributed by atoms with E-state index in [-0.39, 0.29) is 18.0 Å². The van der Waals surface area contributed by atoms with Gasteiger partial charge in [-0.3, -0.25) is 9.48 Å². The van der Waals surface area contributed by atoms with Gasteiger partial charge in [0.15, 0.2) is 0 Å². The van der Waals surface area contributed by atoms with E-state index >= 15 is 0 Å². The highest BCUT2D eigenvalue weighted by molar-refractivity contribution is 7.05. The van der Waals surface area contributed by atoms with Crippen molar-refractivity contribution in [2.24, 2.45) is 7.05 Å². The molecule has 0 aliphatic carbocycles. The fourth-order valence-corrected chi connectivity index (χ4v) is 3.22. The third-order valence-electron chi connectivity index (χ3n) is 3.78. The van der Waals surface area contributed by atoms with Gasteiger partial charge in [-0.2, -0.15) is 5.10 Å². The molecule has 6 nitrogen and oxygen atoms in total. The Morgan fingerprint density at radius 2 is 2.25 bits per heavy atom. The molecular weight excluding hydrogens is 274 g/mol. The zero-order valence-electron chi connectivity index (χ0n) is 11.5. The Morgan fingerprint density at radius 1 is 1.40 bits per heavy atom. The van der Waals surface area contributed by atoms with Gasteiger partial charge in [0.2, 0.25) is 5.91 Å². The number of aryl methyl sites for hydroxylation is 1. The van der Waals surface area contributed by atoms with Crippen LogP contribution in [0.25, 0.3) is 0 Å². The molecular formula is C13H17N5OS. The summed E-state index contributed by atoms with van der Waals surface area (Å²) in [5, 5.41) is 7.69. The summed E-state index contributed by atoms with van der Waals surface area (Å²) in [6, 6.07) is 4.10. The molecule has 3 heterocycles. The number of hydrogen-bond acceptors (Lipinski definition) is 5. The van der Waals surface area contributed by atoms with Crippen molar-refractivity contribution < 1.29 is 4.79 Å². The molecule has 2 aromatic rings. The molecule has 0 unspecified atom stereocenters. The fourth-order valence-electron chi connectivity index (χ4n) is 2.70. The van der Waals surface area contributed by atoms with Gasteiger partial charge in [0.25, 0.3) is 0 Å². The lowest BCUT2D eigenvalue weighted by Gasteiger charge is -2.25. The molecule has 20 heavy (non-hydrogen) atoms. The van der Waals surface area contributed by atoms with E-state index in [0.29, 0.717) is 6.42 Å². The van der Waals surface area contributed by atoms with E-state index in [2.05, 4.69) is 14.8 Å².